The maximum absolute atomic E-state index is 12.1. The summed E-state index contributed by atoms with van der Waals surface area (Å²) in [6, 6.07) is 1.95. The third-order valence-electron chi connectivity index (χ3n) is 1.38. The Morgan fingerprint density at radius 1 is 1.38 bits per heavy atom. The van der Waals surface area contributed by atoms with E-state index < -0.39 is 18.5 Å². The Labute approximate surface area is 72.0 Å². The lowest BCUT2D eigenvalue weighted by atomic mass is 10.2. The second-order valence-corrected chi connectivity index (χ2v) is 2.44. The molecule has 1 aromatic rings. The van der Waals surface area contributed by atoms with Crippen LogP contribution in [0.15, 0.2) is 12.1 Å². The van der Waals surface area contributed by atoms with Gasteiger partial charge in [-0.3, -0.25) is 0 Å². The Balaban J connectivity index is 3.16. The van der Waals surface area contributed by atoms with Crippen LogP contribution in [0.1, 0.15) is 11.3 Å². The van der Waals surface area contributed by atoms with E-state index in [9.17, 15) is 13.2 Å². The second kappa shape index (κ2) is 3.21. The maximum Gasteiger partial charge on any atom is 0.433 e. The van der Waals surface area contributed by atoms with Gasteiger partial charge in [0.1, 0.15) is 11.5 Å². The van der Waals surface area contributed by atoms with E-state index in [2.05, 4.69) is 4.98 Å². The molecule has 0 radical (unpaired) electrons. The Morgan fingerprint density at radius 3 is 2.46 bits per heavy atom. The molecule has 0 aliphatic heterocycles. The number of alkyl halides is 3. The van der Waals surface area contributed by atoms with E-state index in [0.29, 0.717) is 0 Å². The molecule has 13 heavy (non-hydrogen) atoms. The summed E-state index contributed by atoms with van der Waals surface area (Å²) >= 11 is 0. The van der Waals surface area contributed by atoms with Crippen LogP contribution in [0.4, 0.5) is 19.0 Å². The highest BCUT2D eigenvalue weighted by Crippen LogP contribution is 2.28. The highest BCUT2D eigenvalue weighted by atomic mass is 19.4. The zero-order chi connectivity index (χ0) is 10.1. The van der Waals surface area contributed by atoms with Crippen LogP contribution in [-0.4, -0.2) is 10.1 Å². The molecule has 3 N–H and O–H groups in total. The fraction of sp³-hybridized carbons (Fsp3) is 0.286. The van der Waals surface area contributed by atoms with E-state index in [-0.39, 0.29) is 11.4 Å². The van der Waals surface area contributed by atoms with Crippen molar-refractivity contribution in [3.63, 3.8) is 0 Å². The molecule has 1 heterocycles. The van der Waals surface area contributed by atoms with Crippen LogP contribution in [0.3, 0.4) is 0 Å². The first kappa shape index (κ1) is 9.79. The van der Waals surface area contributed by atoms with Crippen molar-refractivity contribution < 1.29 is 18.3 Å². The monoisotopic (exact) mass is 192 g/mol. The van der Waals surface area contributed by atoms with Gasteiger partial charge in [-0.25, -0.2) is 4.98 Å². The first-order chi connectivity index (χ1) is 5.93. The summed E-state index contributed by atoms with van der Waals surface area (Å²) in [5.74, 6) is -0.251. The molecule has 0 unspecified atom stereocenters. The summed E-state index contributed by atoms with van der Waals surface area (Å²) in [5, 5.41) is 8.60. The summed E-state index contributed by atoms with van der Waals surface area (Å²) < 4.78 is 36.3. The van der Waals surface area contributed by atoms with Crippen molar-refractivity contribution >= 4 is 5.82 Å². The van der Waals surface area contributed by atoms with E-state index in [1.54, 1.807) is 0 Å². The summed E-state index contributed by atoms with van der Waals surface area (Å²) in [7, 11) is 0. The predicted molar refractivity (Wildman–Crippen MR) is 39.6 cm³/mol. The van der Waals surface area contributed by atoms with Crippen molar-refractivity contribution in [2.24, 2.45) is 0 Å². The van der Waals surface area contributed by atoms with Gasteiger partial charge in [-0.2, -0.15) is 13.2 Å². The number of pyridine rings is 1. The SMILES string of the molecule is Nc1cc(CO)cc(C(F)(F)F)n1. The van der Waals surface area contributed by atoms with Crippen LogP contribution in [0.25, 0.3) is 0 Å². The van der Waals surface area contributed by atoms with Gasteiger partial charge in [-0.1, -0.05) is 0 Å². The number of aromatic nitrogens is 1. The zero-order valence-electron chi connectivity index (χ0n) is 6.47. The Kier molecular flexibility index (Phi) is 2.42. The van der Waals surface area contributed by atoms with E-state index in [1.807, 2.05) is 0 Å². The van der Waals surface area contributed by atoms with Gasteiger partial charge in [0.05, 0.1) is 6.61 Å². The molecule has 0 amide bonds. The number of halogens is 3. The van der Waals surface area contributed by atoms with Gasteiger partial charge in [0.2, 0.25) is 0 Å². The van der Waals surface area contributed by atoms with Crippen molar-refractivity contribution in [3.05, 3.63) is 23.4 Å². The van der Waals surface area contributed by atoms with Crippen molar-refractivity contribution in [2.75, 3.05) is 5.73 Å². The molecule has 0 aliphatic carbocycles. The molecule has 0 bridgehead atoms. The van der Waals surface area contributed by atoms with E-state index in [0.717, 1.165) is 6.07 Å². The van der Waals surface area contributed by atoms with Gasteiger partial charge >= 0.3 is 6.18 Å². The Morgan fingerprint density at radius 2 is 2.00 bits per heavy atom. The number of nitrogens with zero attached hydrogens (tertiary/aromatic N) is 1. The van der Waals surface area contributed by atoms with Crippen LogP contribution in [0.2, 0.25) is 0 Å². The van der Waals surface area contributed by atoms with Crippen molar-refractivity contribution in [3.8, 4) is 0 Å². The molecule has 0 saturated carbocycles. The normalized spacial score (nSPS) is 11.7. The van der Waals surface area contributed by atoms with E-state index in [4.69, 9.17) is 10.8 Å². The Bertz CT molecular complexity index is 311. The Hall–Kier alpha value is -1.30. The highest BCUT2D eigenvalue weighted by Gasteiger charge is 2.32. The molecule has 6 heteroatoms. The van der Waals surface area contributed by atoms with Crippen LogP contribution in [-0.2, 0) is 12.8 Å². The molecule has 0 aliphatic rings. The number of anilines is 1. The summed E-state index contributed by atoms with van der Waals surface area (Å²) in [6.45, 7) is -0.490. The minimum Gasteiger partial charge on any atom is -0.392 e. The molecule has 0 atom stereocenters. The van der Waals surface area contributed by atoms with Crippen molar-refractivity contribution in [2.45, 2.75) is 12.8 Å². The number of aliphatic hydroxyl groups is 1. The minimum absolute atomic E-state index is 0.0971. The first-order valence-corrected chi connectivity index (χ1v) is 3.38. The fourth-order valence-electron chi connectivity index (χ4n) is 0.847. The van der Waals surface area contributed by atoms with Crippen LogP contribution < -0.4 is 5.73 Å². The summed E-state index contributed by atoms with van der Waals surface area (Å²) in [6.07, 6.45) is -4.53. The highest BCUT2D eigenvalue weighted by molar-refractivity contribution is 5.35. The van der Waals surface area contributed by atoms with Crippen LogP contribution in [0, 0.1) is 0 Å². The lowest BCUT2D eigenvalue weighted by Crippen LogP contribution is -2.10. The van der Waals surface area contributed by atoms with Crippen molar-refractivity contribution in [1.29, 1.82) is 0 Å². The van der Waals surface area contributed by atoms with E-state index in [1.165, 1.54) is 6.07 Å². The summed E-state index contributed by atoms with van der Waals surface area (Å²) in [4.78, 5) is 3.09. The van der Waals surface area contributed by atoms with Gasteiger partial charge in [-0.05, 0) is 17.7 Å². The van der Waals surface area contributed by atoms with Gasteiger partial charge in [0.15, 0.2) is 0 Å². The molecule has 0 aromatic carbocycles. The topological polar surface area (TPSA) is 59.1 Å². The predicted octanol–water partition coefficient (Wildman–Crippen LogP) is 1.17. The lowest BCUT2D eigenvalue weighted by Gasteiger charge is -2.07. The standard InChI is InChI=1S/C7H7F3N2O/c8-7(9,10)5-1-4(3-13)2-6(11)12-5/h1-2,13H,3H2,(H2,11,12). The molecule has 1 aromatic heterocycles. The molecular weight excluding hydrogens is 185 g/mol. The molecule has 3 nitrogen and oxygen atoms in total. The largest absolute Gasteiger partial charge is 0.433 e. The van der Waals surface area contributed by atoms with Crippen LogP contribution >= 0.6 is 0 Å². The molecule has 0 fully saturated rings. The number of nitrogen functional groups attached to an aromatic ring is 1. The van der Waals surface area contributed by atoms with Gasteiger partial charge < -0.3 is 10.8 Å². The van der Waals surface area contributed by atoms with Crippen LogP contribution in [0.5, 0.6) is 0 Å². The van der Waals surface area contributed by atoms with Crippen molar-refractivity contribution in [1.82, 2.24) is 4.98 Å². The number of hydrogen-bond acceptors (Lipinski definition) is 3. The quantitative estimate of drug-likeness (QED) is 0.702. The third kappa shape index (κ3) is 2.32. The average Bonchev–Trinajstić information content (AvgIpc) is 2.01. The number of nitrogens with two attached hydrogens (primary N) is 1. The fourth-order valence-corrected chi connectivity index (χ4v) is 0.847. The minimum atomic E-state index is -4.53. The van der Waals surface area contributed by atoms with Gasteiger partial charge in [0.25, 0.3) is 0 Å². The maximum atomic E-state index is 12.1. The van der Waals surface area contributed by atoms with Gasteiger partial charge in [-0.15, -0.1) is 0 Å². The molecule has 0 saturated heterocycles. The molecule has 1 rings (SSSR count). The molecular formula is C7H7F3N2O. The zero-order valence-corrected chi connectivity index (χ0v) is 6.47. The van der Waals surface area contributed by atoms with E-state index >= 15 is 0 Å². The third-order valence-corrected chi connectivity index (χ3v) is 1.38. The number of rotatable bonds is 1. The first-order valence-electron chi connectivity index (χ1n) is 3.38. The molecule has 0 spiro atoms. The number of hydrogen-bond donors (Lipinski definition) is 2. The van der Waals surface area contributed by atoms with Gasteiger partial charge in [0, 0.05) is 0 Å². The smallest absolute Gasteiger partial charge is 0.392 e. The lowest BCUT2D eigenvalue weighted by molar-refractivity contribution is -0.141. The average molecular weight is 192 g/mol. The second-order valence-electron chi connectivity index (χ2n) is 2.44. The molecule has 72 valence electrons. The number of aliphatic hydroxyl groups excluding tert-OH is 1. The summed E-state index contributed by atoms with van der Waals surface area (Å²) in [5.41, 5.74) is 4.12.